The van der Waals surface area contributed by atoms with E-state index in [4.69, 9.17) is 9.47 Å². The summed E-state index contributed by atoms with van der Waals surface area (Å²) in [7, 11) is 5.33. The van der Waals surface area contributed by atoms with Crippen LogP contribution < -0.4 is 9.47 Å². The Balaban J connectivity index is 1.66. The van der Waals surface area contributed by atoms with Gasteiger partial charge in [-0.25, -0.2) is 0 Å². The monoisotopic (exact) mass is 443 g/mol. The van der Waals surface area contributed by atoms with E-state index < -0.39 is 0 Å². The van der Waals surface area contributed by atoms with Gasteiger partial charge in [0.05, 0.1) is 25.0 Å². The lowest BCUT2D eigenvalue weighted by atomic mass is 9.87. The maximum absolute atomic E-state index is 13.6. The molecule has 8 heteroatoms. The highest BCUT2D eigenvalue weighted by Crippen LogP contribution is 2.41. The van der Waals surface area contributed by atoms with Crippen molar-refractivity contribution in [2.45, 2.75) is 5.92 Å². The average Bonchev–Trinajstić information content (AvgIpc) is 3.49. The van der Waals surface area contributed by atoms with Gasteiger partial charge in [-0.1, -0.05) is 6.07 Å². The van der Waals surface area contributed by atoms with Gasteiger partial charge in [0.25, 0.3) is 5.91 Å². The third kappa shape index (κ3) is 4.41. The zero-order valence-corrected chi connectivity index (χ0v) is 19.1. The van der Waals surface area contributed by atoms with Crippen molar-refractivity contribution < 1.29 is 19.1 Å². The number of amides is 2. The van der Waals surface area contributed by atoms with Crippen LogP contribution in [0.15, 0.2) is 35.7 Å². The smallest absolute Gasteiger partial charge is 0.263 e. The average molecular weight is 444 g/mol. The number of carbonyl (C=O) groups excluding carboxylic acids is 2. The van der Waals surface area contributed by atoms with Crippen LogP contribution in [0.5, 0.6) is 11.5 Å². The van der Waals surface area contributed by atoms with E-state index >= 15 is 0 Å². The van der Waals surface area contributed by atoms with Gasteiger partial charge < -0.3 is 24.2 Å². The molecule has 1 aromatic carbocycles. The molecule has 0 spiro atoms. The second kappa shape index (κ2) is 9.28. The van der Waals surface area contributed by atoms with Gasteiger partial charge in [0.2, 0.25) is 5.91 Å². The van der Waals surface area contributed by atoms with E-state index in [9.17, 15) is 9.59 Å². The van der Waals surface area contributed by atoms with E-state index in [-0.39, 0.29) is 23.7 Å². The van der Waals surface area contributed by atoms with Crippen LogP contribution in [0.3, 0.4) is 0 Å². The summed E-state index contributed by atoms with van der Waals surface area (Å²) in [6, 6.07) is 9.37. The van der Waals surface area contributed by atoms with Crippen molar-refractivity contribution in [3.8, 4) is 11.5 Å². The van der Waals surface area contributed by atoms with Gasteiger partial charge >= 0.3 is 0 Å². The Kier molecular flexibility index (Phi) is 6.48. The Morgan fingerprint density at radius 3 is 2.42 bits per heavy atom. The van der Waals surface area contributed by atoms with Crippen molar-refractivity contribution in [3.63, 3.8) is 0 Å². The minimum Gasteiger partial charge on any atom is -0.497 e. The number of likely N-dealkylation sites (tertiary alicyclic amines) is 1. The van der Waals surface area contributed by atoms with Crippen LogP contribution in [0, 0.1) is 5.92 Å². The summed E-state index contributed by atoms with van der Waals surface area (Å²) in [5, 5.41) is 1.90. The molecule has 0 radical (unpaired) electrons. The van der Waals surface area contributed by atoms with Gasteiger partial charge in [-0.05, 0) is 36.7 Å². The number of hydrogen-bond acceptors (Lipinski definition) is 6. The Morgan fingerprint density at radius 2 is 1.77 bits per heavy atom. The number of benzene rings is 1. The van der Waals surface area contributed by atoms with Crippen molar-refractivity contribution in [1.29, 1.82) is 0 Å². The summed E-state index contributed by atoms with van der Waals surface area (Å²) in [6.07, 6.45) is 0. The fourth-order valence-electron chi connectivity index (χ4n) is 4.48. The Bertz CT molecular complexity index is 925. The molecule has 0 saturated carbocycles. The predicted octanol–water partition coefficient (Wildman–Crippen LogP) is 2.40. The number of ether oxygens (including phenoxy) is 2. The molecule has 2 saturated heterocycles. The van der Waals surface area contributed by atoms with Crippen LogP contribution in [0.2, 0.25) is 0 Å². The van der Waals surface area contributed by atoms with Gasteiger partial charge in [-0.15, -0.1) is 11.3 Å². The number of carbonyl (C=O) groups is 2. The molecule has 2 amide bonds. The number of nitrogens with zero attached hydrogens (tertiary/aromatic N) is 3. The zero-order chi connectivity index (χ0) is 22.0. The number of likely N-dealkylation sites (N-methyl/N-ethyl adjacent to an activating group) is 1. The van der Waals surface area contributed by atoms with Gasteiger partial charge in [-0.3, -0.25) is 9.59 Å². The summed E-state index contributed by atoms with van der Waals surface area (Å²) in [4.78, 5) is 33.4. The van der Waals surface area contributed by atoms with Crippen molar-refractivity contribution >= 4 is 23.2 Å². The van der Waals surface area contributed by atoms with Gasteiger partial charge in [-0.2, -0.15) is 0 Å². The molecular weight excluding hydrogens is 414 g/mol. The zero-order valence-electron chi connectivity index (χ0n) is 18.2. The first-order chi connectivity index (χ1) is 15.0. The fourth-order valence-corrected chi connectivity index (χ4v) is 5.17. The molecule has 2 aliphatic heterocycles. The second-order valence-corrected chi connectivity index (χ2v) is 9.08. The van der Waals surface area contributed by atoms with E-state index in [1.807, 2.05) is 45.5 Å². The summed E-state index contributed by atoms with van der Waals surface area (Å²) < 4.78 is 11.1. The fraction of sp³-hybridized carbons (Fsp3) is 0.478. The number of hydrogen-bond donors (Lipinski definition) is 0. The molecule has 0 bridgehead atoms. The van der Waals surface area contributed by atoms with Crippen molar-refractivity contribution in [2.24, 2.45) is 5.92 Å². The van der Waals surface area contributed by atoms with Crippen LogP contribution in [-0.4, -0.2) is 87.0 Å². The number of methoxy groups -OCH3 is 2. The lowest BCUT2D eigenvalue weighted by Crippen LogP contribution is -2.50. The van der Waals surface area contributed by atoms with E-state index in [2.05, 4.69) is 11.9 Å². The van der Waals surface area contributed by atoms with Gasteiger partial charge in [0.1, 0.15) is 11.5 Å². The molecule has 0 N–H and O–H groups in total. The molecule has 2 atom stereocenters. The van der Waals surface area contributed by atoms with E-state index in [0.29, 0.717) is 42.6 Å². The summed E-state index contributed by atoms with van der Waals surface area (Å²) in [6.45, 7) is 4.05. The maximum atomic E-state index is 13.6. The molecule has 1 aromatic heterocycles. The van der Waals surface area contributed by atoms with E-state index in [1.165, 1.54) is 11.3 Å². The standard InChI is InChI=1S/C23H29N3O4S/c1-24-8-10-25(11-9-24)22(27)19-15-26(23(28)21-5-4-12-31-21)14-18(19)17-13-16(29-2)6-7-20(17)30-3/h4-7,12-13,18-19H,8-11,14-15H2,1-3H3. The molecule has 2 aliphatic rings. The summed E-state index contributed by atoms with van der Waals surface area (Å²) in [5.74, 6) is 1.06. The SMILES string of the molecule is COc1ccc(OC)c(C2CN(C(=O)c3cccs3)CC2C(=O)N2CCN(C)CC2)c1. The van der Waals surface area contributed by atoms with Crippen LogP contribution in [0.25, 0.3) is 0 Å². The third-order valence-corrected chi connectivity index (χ3v) is 7.17. The van der Waals surface area contributed by atoms with Crippen molar-refractivity contribution in [2.75, 3.05) is 60.5 Å². The summed E-state index contributed by atoms with van der Waals surface area (Å²) in [5.41, 5.74) is 0.913. The minimum absolute atomic E-state index is 0.0180. The Hall–Kier alpha value is -2.58. The molecular formula is C23H29N3O4S. The molecule has 31 heavy (non-hydrogen) atoms. The molecule has 0 aliphatic carbocycles. The highest BCUT2D eigenvalue weighted by molar-refractivity contribution is 7.12. The number of thiophene rings is 1. The minimum atomic E-state index is -0.312. The van der Waals surface area contributed by atoms with Crippen LogP contribution in [-0.2, 0) is 4.79 Å². The molecule has 2 fully saturated rings. The van der Waals surface area contributed by atoms with E-state index in [0.717, 1.165) is 18.7 Å². The Morgan fingerprint density at radius 1 is 1.00 bits per heavy atom. The predicted molar refractivity (Wildman–Crippen MR) is 120 cm³/mol. The van der Waals surface area contributed by atoms with Crippen LogP contribution in [0.4, 0.5) is 0 Å². The number of rotatable bonds is 5. The highest BCUT2D eigenvalue weighted by Gasteiger charge is 2.43. The lowest BCUT2D eigenvalue weighted by Gasteiger charge is -2.35. The molecule has 166 valence electrons. The largest absolute Gasteiger partial charge is 0.497 e. The third-order valence-electron chi connectivity index (χ3n) is 6.31. The molecule has 2 aromatic rings. The topological polar surface area (TPSA) is 62.3 Å². The van der Waals surface area contributed by atoms with E-state index in [1.54, 1.807) is 14.2 Å². The van der Waals surface area contributed by atoms with Gasteiger partial charge in [0.15, 0.2) is 0 Å². The first kappa shape index (κ1) is 21.6. The molecule has 4 rings (SSSR count). The summed E-state index contributed by atoms with van der Waals surface area (Å²) >= 11 is 1.43. The van der Waals surface area contributed by atoms with Crippen molar-refractivity contribution in [1.82, 2.24) is 14.7 Å². The normalized spacial score (nSPS) is 21.9. The molecule has 2 unspecified atom stereocenters. The maximum Gasteiger partial charge on any atom is 0.263 e. The van der Waals surface area contributed by atoms with Crippen LogP contribution in [0.1, 0.15) is 21.2 Å². The Labute approximate surface area is 187 Å². The quantitative estimate of drug-likeness (QED) is 0.710. The van der Waals surface area contributed by atoms with Crippen LogP contribution >= 0.6 is 11.3 Å². The first-order valence-electron chi connectivity index (χ1n) is 10.5. The highest BCUT2D eigenvalue weighted by atomic mass is 32.1. The molecule has 7 nitrogen and oxygen atoms in total. The van der Waals surface area contributed by atoms with Gasteiger partial charge in [0, 0.05) is 50.7 Å². The second-order valence-electron chi connectivity index (χ2n) is 8.14. The molecule has 3 heterocycles. The number of piperazine rings is 1. The van der Waals surface area contributed by atoms with Crippen molar-refractivity contribution in [3.05, 3.63) is 46.2 Å². The lowest BCUT2D eigenvalue weighted by molar-refractivity contribution is -0.137. The first-order valence-corrected chi connectivity index (χ1v) is 11.4.